The lowest BCUT2D eigenvalue weighted by Crippen LogP contribution is -2.46. The van der Waals surface area contributed by atoms with Gasteiger partial charge in [-0.2, -0.15) is 0 Å². The van der Waals surface area contributed by atoms with Crippen molar-refractivity contribution in [2.24, 2.45) is 0 Å². The highest BCUT2D eigenvalue weighted by atomic mass is 32.1. The van der Waals surface area contributed by atoms with Crippen LogP contribution in [0.15, 0.2) is 48.5 Å². The second-order valence-corrected chi connectivity index (χ2v) is 10.2. The number of nitrogens with zero attached hydrogens (tertiary/aromatic N) is 4. The van der Waals surface area contributed by atoms with Gasteiger partial charge in [-0.3, -0.25) is 4.90 Å². The average Bonchev–Trinajstić information content (AvgIpc) is 3.43. The van der Waals surface area contributed by atoms with E-state index in [9.17, 15) is 0 Å². The summed E-state index contributed by atoms with van der Waals surface area (Å²) in [6.07, 6.45) is 0.754. The van der Waals surface area contributed by atoms with Crippen LogP contribution >= 0.6 is 11.3 Å². The summed E-state index contributed by atoms with van der Waals surface area (Å²) < 4.78 is 11.0. The van der Waals surface area contributed by atoms with Gasteiger partial charge in [-0.05, 0) is 42.7 Å². The molecular weight excluding hydrogens is 444 g/mol. The first kappa shape index (κ1) is 21.4. The van der Waals surface area contributed by atoms with Gasteiger partial charge in [-0.1, -0.05) is 36.4 Å². The van der Waals surface area contributed by atoms with Crippen LogP contribution in [0.25, 0.3) is 10.2 Å². The monoisotopic (exact) mass is 472 g/mol. The number of aromatic nitrogens is 2. The molecule has 2 aliphatic rings. The topological polar surface area (TPSA) is 50.7 Å². The van der Waals surface area contributed by atoms with Gasteiger partial charge in [0.1, 0.15) is 16.5 Å². The maximum absolute atomic E-state index is 5.55. The lowest BCUT2D eigenvalue weighted by atomic mass is 10.1. The van der Waals surface area contributed by atoms with Crippen molar-refractivity contribution in [2.75, 3.05) is 37.9 Å². The third kappa shape index (κ3) is 4.10. The Morgan fingerprint density at radius 1 is 0.882 bits per heavy atom. The van der Waals surface area contributed by atoms with Gasteiger partial charge in [0.2, 0.25) is 6.79 Å². The molecule has 0 unspecified atom stereocenters. The molecule has 0 radical (unpaired) electrons. The highest BCUT2D eigenvalue weighted by Crippen LogP contribution is 2.36. The first-order valence-corrected chi connectivity index (χ1v) is 12.6. The van der Waals surface area contributed by atoms with Crippen LogP contribution in [0.1, 0.15) is 27.4 Å². The van der Waals surface area contributed by atoms with Gasteiger partial charge in [0.05, 0.1) is 5.39 Å². The number of benzene rings is 2. The summed E-state index contributed by atoms with van der Waals surface area (Å²) in [4.78, 5) is 17.5. The van der Waals surface area contributed by atoms with Gasteiger partial charge in [0.25, 0.3) is 0 Å². The maximum Gasteiger partial charge on any atom is 0.231 e. The fourth-order valence-electron chi connectivity index (χ4n) is 4.77. The summed E-state index contributed by atoms with van der Waals surface area (Å²) in [5.41, 5.74) is 3.81. The molecule has 4 aromatic rings. The molecule has 6 nitrogen and oxygen atoms in total. The van der Waals surface area contributed by atoms with Crippen molar-refractivity contribution in [3.8, 4) is 11.5 Å². The molecule has 0 atom stereocenters. The van der Waals surface area contributed by atoms with Crippen LogP contribution in [0.3, 0.4) is 0 Å². The van der Waals surface area contributed by atoms with Gasteiger partial charge < -0.3 is 14.4 Å². The predicted octanol–water partition coefficient (Wildman–Crippen LogP) is 4.95. The second-order valence-electron chi connectivity index (χ2n) is 9.04. The molecule has 6 rings (SSSR count). The SMILES string of the molecule is Cc1sc2nc(Cc3ccccc3)nc(N3CCN(Cc4ccc5c(c4)OCO5)CC3)c2c1C. The summed E-state index contributed by atoms with van der Waals surface area (Å²) in [5.74, 6) is 3.70. The summed E-state index contributed by atoms with van der Waals surface area (Å²) >= 11 is 1.78. The lowest BCUT2D eigenvalue weighted by molar-refractivity contribution is 0.174. The molecule has 2 aromatic heterocycles. The number of hydrogen-bond acceptors (Lipinski definition) is 7. The lowest BCUT2D eigenvalue weighted by Gasteiger charge is -2.36. The first-order chi connectivity index (χ1) is 16.6. The number of thiophene rings is 1. The zero-order chi connectivity index (χ0) is 23.1. The minimum absolute atomic E-state index is 0.318. The van der Waals surface area contributed by atoms with E-state index < -0.39 is 0 Å². The number of aryl methyl sites for hydroxylation is 2. The van der Waals surface area contributed by atoms with Gasteiger partial charge in [0, 0.05) is 44.0 Å². The van der Waals surface area contributed by atoms with E-state index in [-0.39, 0.29) is 0 Å². The maximum atomic E-state index is 5.55. The Labute approximate surface area is 203 Å². The molecule has 4 heterocycles. The van der Waals surface area contributed by atoms with Gasteiger partial charge in [-0.15, -0.1) is 11.3 Å². The number of piperazine rings is 1. The molecule has 1 saturated heterocycles. The van der Waals surface area contributed by atoms with E-state index in [0.717, 1.165) is 67.1 Å². The van der Waals surface area contributed by atoms with E-state index >= 15 is 0 Å². The first-order valence-electron chi connectivity index (χ1n) is 11.8. The van der Waals surface area contributed by atoms with E-state index in [0.29, 0.717) is 6.79 Å². The smallest absolute Gasteiger partial charge is 0.231 e. The fraction of sp³-hybridized carbons (Fsp3) is 0.333. The molecule has 0 N–H and O–H groups in total. The fourth-order valence-corrected chi connectivity index (χ4v) is 5.82. The summed E-state index contributed by atoms with van der Waals surface area (Å²) in [5, 5.41) is 1.23. The van der Waals surface area contributed by atoms with E-state index in [1.807, 2.05) is 12.1 Å². The number of ether oxygens (including phenoxy) is 2. The minimum atomic E-state index is 0.318. The predicted molar refractivity (Wildman–Crippen MR) is 136 cm³/mol. The third-order valence-electron chi connectivity index (χ3n) is 6.78. The second kappa shape index (κ2) is 8.89. The Hall–Kier alpha value is -3.16. The Bertz CT molecular complexity index is 1330. The van der Waals surface area contributed by atoms with Crippen molar-refractivity contribution in [1.82, 2.24) is 14.9 Å². The zero-order valence-electron chi connectivity index (χ0n) is 19.6. The highest BCUT2D eigenvalue weighted by Gasteiger charge is 2.24. The van der Waals surface area contributed by atoms with E-state index in [2.05, 4.69) is 60.0 Å². The summed E-state index contributed by atoms with van der Waals surface area (Å²) in [6, 6.07) is 16.8. The van der Waals surface area contributed by atoms with E-state index in [1.54, 1.807) is 11.3 Å². The van der Waals surface area contributed by atoms with Crippen molar-refractivity contribution in [3.63, 3.8) is 0 Å². The normalized spacial score (nSPS) is 15.9. The molecule has 7 heteroatoms. The molecule has 34 heavy (non-hydrogen) atoms. The average molecular weight is 473 g/mol. The molecule has 174 valence electrons. The standard InChI is InChI=1S/C27H28N4O2S/c1-18-19(2)34-27-25(18)26(28-24(29-27)15-20-6-4-3-5-7-20)31-12-10-30(11-13-31)16-21-8-9-22-23(14-21)33-17-32-22/h3-9,14H,10-13,15-17H2,1-2H3. The van der Waals surface area contributed by atoms with Crippen LogP contribution < -0.4 is 14.4 Å². The van der Waals surface area contributed by atoms with E-state index in [1.165, 1.54) is 27.0 Å². The quantitative estimate of drug-likeness (QED) is 0.410. The molecule has 2 aliphatic heterocycles. The number of anilines is 1. The molecule has 0 aliphatic carbocycles. The Morgan fingerprint density at radius 2 is 1.68 bits per heavy atom. The number of fused-ring (bicyclic) bond motifs is 2. The molecule has 0 amide bonds. The van der Waals surface area contributed by atoms with Crippen molar-refractivity contribution >= 4 is 27.4 Å². The molecule has 0 bridgehead atoms. The minimum Gasteiger partial charge on any atom is -0.454 e. The van der Waals surface area contributed by atoms with Crippen LogP contribution in [0.5, 0.6) is 11.5 Å². The van der Waals surface area contributed by atoms with Crippen LogP contribution in [-0.2, 0) is 13.0 Å². The summed E-state index contributed by atoms with van der Waals surface area (Å²) in [6.45, 7) is 9.52. The van der Waals surface area contributed by atoms with Crippen molar-refractivity contribution in [2.45, 2.75) is 26.8 Å². The van der Waals surface area contributed by atoms with Crippen LogP contribution in [0.4, 0.5) is 5.82 Å². The van der Waals surface area contributed by atoms with Crippen molar-refractivity contribution in [3.05, 3.63) is 75.9 Å². The van der Waals surface area contributed by atoms with Crippen LogP contribution in [0, 0.1) is 13.8 Å². The van der Waals surface area contributed by atoms with Crippen LogP contribution in [-0.4, -0.2) is 47.8 Å². The molecule has 1 fully saturated rings. The van der Waals surface area contributed by atoms with Gasteiger partial charge in [0.15, 0.2) is 11.5 Å². The third-order valence-corrected chi connectivity index (χ3v) is 7.88. The molecule has 2 aromatic carbocycles. The Morgan fingerprint density at radius 3 is 2.50 bits per heavy atom. The number of rotatable bonds is 5. The summed E-state index contributed by atoms with van der Waals surface area (Å²) in [7, 11) is 0. The van der Waals surface area contributed by atoms with Gasteiger partial charge in [-0.25, -0.2) is 9.97 Å². The van der Waals surface area contributed by atoms with Gasteiger partial charge >= 0.3 is 0 Å². The van der Waals surface area contributed by atoms with E-state index in [4.69, 9.17) is 19.4 Å². The van der Waals surface area contributed by atoms with Crippen molar-refractivity contribution < 1.29 is 9.47 Å². The number of hydrogen-bond donors (Lipinski definition) is 0. The Kier molecular flexibility index (Phi) is 5.59. The largest absolute Gasteiger partial charge is 0.454 e. The molecule has 0 saturated carbocycles. The Balaban J connectivity index is 1.22. The van der Waals surface area contributed by atoms with Crippen LogP contribution in [0.2, 0.25) is 0 Å². The molecule has 0 spiro atoms. The zero-order valence-corrected chi connectivity index (χ0v) is 20.4. The highest BCUT2D eigenvalue weighted by molar-refractivity contribution is 7.18. The van der Waals surface area contributed by atoms with Crippen molar-refractivity contribution in [1.29, 1.82) is 0 Å². The molecular formula is C27H28N4O2S.